The Morgan fingerprint density at radius 2 is 1.73 bits per heavy atom. The van der Waals surface area contributed by atoms with Crippen LogP contribution in [0.15, 0.2) is 59.4 Å². The first-order valence-corrected chi connectivity index (χ1v) is 11.3. The Kier molecular flexibility index (Phi) is 6.08. The average molecular weight is 483 g/mol. The van der Waals surface area contributed by atoms with Gasteiger partial charge in [0.2, 0.25) is 0 Å². The smallest absolute Gasteiger partial charge is 0.265 e. The number of nitrogens with one attached hydrogen (secondary N) is 1. The fourth-order valence-corrected chi connectivity index (χ4v) is 4.14. The minimum atomic E-state index is -0.447. The van der Waals surface area contributed by atoms with Crippen molar-refractivity contribution in [1.82, 2.24) is 19.7 Å². The van der Waals surface area contributed by atoms with Crippen molar-refractivity contribution in [3.63, 3.8) is 0 Å². The van der Waals surface area contributed by atoms with E-state index in [4.69, 9.17) is 28.3 Å². The number of carbonyl (C=O) groups excluding carboxylic acids is 1. The van der Waals surface area contributed by atoms with Gasteiger partial charge in [-0.15, -0.1) is 5.10 Å². The molecule has 2 heterocycles. The second-order valence-corrected chi connectivity index (χ2v) is 9.89. The van der Waals surface area contributed by atoms with E-state index in [-0.39, 0.29) is 16.5 Å². The van der Waals surface area contributed by atoms with Crippen molar-refractivity contribution < 1.29 is 4.79 Å². The molecule has 0 aliphatic rings. The number of benzene rings is 2. The number of pyridine rings is 1. The van der Waals surface area contributed by atoms with E-state index in [1.54, 1.807) is 33.5 Å². The first kappa shape index (κ1) is 23.1. The number of carbonyl (C=O) groups is 1. The van der Waals surface area contributed by atoms with Gasteiger partial charge in [0.25, 0.3) is 11.5 Å². The Morgan fingerprint density at radius 3 is 2.33 bits per heavy atom. The highest BCUT2D eigenvalue weighted by atomic mass is 35.5. The molecule has 0 saturated carbocycles. The van der Waals surface area contributed by atoms with E-state index in [2.05, 4.69) is 5.32 Å². The maximum atomic E-state index is 13.4. The lowest BCUT2D eigenvalue weighted by Gasteiger charge is -2.20. The first-order chi connectivity index (χ1) is 15.6. The normalized spacial score (nSPS) is 11.7. The Morgan fingerprint density at radius 1 is 1.06 bits per heavy atom. The Hall–Kier alpha value is -3.09. The summed E-state index contributed by atoms with van der Waals surface area (Å²) in [5.41, 5.74) is 2.12. The highest BCUT2D eigenvalue weighted by molar-refractivity contribution is 6.32. The zero-order valence-corrected chi connectivity index (χ0v) is 20.3. The number of hydrogen-bond acceptors (Lipinski definition) is 3. The fraction of sp³-hybridized carbons (Fsp3) is 0.240. The number of hydrogen-bond donors (Lipinski definition) is 1. The van der Waals surface area contributed by atoms with E-state index in [9.17, 15) is 9.59 Å². The van der Waals surface area contributed by atoms with Crippen LogP contribution in [-0.4, -0.2) is 27.3 Å². The summed E-state index contributed by atoms with van der Waals surface area (Å²) in [7, 11) is 1.51. The third-order valence-electron chi connectivity index (χ3n) is 5.22. The van der Waals surface area contributed by atoms with Crippen LogP contribution in [0.3, 0.4) is 0 Å². The van der Waals surface area contributed by atoms with E-state index in [1.165, 1.54) is 7.05 Å². The summed E-state index contributed by atoms with van der Waals surface area (Å²) >= 11 is 12.7. The molecule has 0 bridgehead atoms. The molecule has 2 aromatic carbocycles. The molecule has 0 aliphatic heterocycles. The molecule has 0 radical (unpaired) electrons. The molecule has 4 rings (SSSR count). The van der Waals surface area contributed by atoms with Crippen molar-refractivity contribution in [2.45, 2.75) is 27.3 Å². The Balaban J connectivity index is 2.18. The predicted molar refractivity (Wildman–Crippen MR) is 134 cm³/mol. The average Bonchev–Trinajstić information content (AvgIpc) is 3.14. The van der Waals surface area contributed by atoms with Gasteiger partial charge in [0.15, 0.2) is 5.65 Å². The van der Waals surface area contributed by atoms with Gasteiger partial charge in [-0.1, -0.05) is 68.2 Å². The summed E-state index contributed by atoms with van der Waals surface area (Å²) < 4.78 is 3.30. The number of fused-ring (bicyclic) bond motifs is 1. The third-order valence-corrected chi connectivity index (χ3v) is 5.80. The van der Waals surface area contributed by atoms with E-state index in [1.807, 2.05) is 51.1 Å². The second kappa shape index (κ2) is 8.69. The summed E-state index contributed by atoms with van der Waals surface area (Å²) in [5, 5.41) is 9.19. The summed E-state index contributed by atoms with van der Waals surface area (Å²) in [4.78, 5) is 26.0. The number of amides is 1. The van der Waals surface area contributed by atoms with Gasteiger partial charge < -0.3 is 5.32 Å². The summed E-state index contributed by atoms with van der Waals surface area (Å²) in [6.07, 6.45) is 0. The van der Waals surface area contributed by atoms with Gasteiger partial charge in [-0.05, 0) is 35.7 Å². The fourth-order valence-electron chi connectivity index (χ4n) is 3.80. The lowest BCUT2D eigenvalue weighted by atomic mass is 9.96. The minimum absolute atomic E-state index is 0.0585. The first-order valence-electron chi connectivity index (χ1n) is 10.5. The molecule has 1 N–H and O–H groups in total. The summed E-state index contributed by atoms with van der Waals surface area (Å²) in [6, 6.07) is 16.3. The maximum Gasteiger partial charge on any atom is 0.265 e. The van der Waals surface area contributed by atoms with Gasteiger partial charge >= 0.3 is 0 Å². The van der Waals surface area contributed by atoms with E-state index >= 15 is 0 Å². The van der Waals surface area contributed by atoms with Crippen LogP contribution in [-0.2, 0) is 6.54 Å². The maximum absolute atomic E-state index is 13.4. The molecule has 2 aromatic heterocycles. The lowest BCUT2D eigenvalue weighted by Crippen LogP contribution is -2.34. The van der Waals surface area contributed by atoms with Crippen LogP contribution in [0.2, 0.25) is 10.0 Å². The van der Waals surface area contributed by atoms with E-state index in [0.717, 1.165) is 5.56 Å². The van der Waals surface area contributed by atoms with Crippen LogP contribution in [0.1, 0.15) is 31.1 Å². The van der Waals surface area contributed by atoms with Crippen molar-refractivity contribution in [1.29, 1.82) is 0 Å². The zero-order valence-electron chi connectivity index (χ0n) is 18.8. The van der Waals surface area contributed by atoms with Crippen molar-refractivity contribution in [3.05, 3.63) is 80.6 Å². The van der Waals surface area contributed by atoms with Gasteiger partial charge in [0, 0.05) is 29.6 Å². The third kappa shape index (κ3) is 4.41. The molecule has 33 heavy (non-hydrogen) atoms. The second-order valence-electron chi connectivity index (χ2n) is 9.05. The zero-order chi connectivity index (χ0) is 23.9. The molecule has 0 spiro atoms. The molecule has 4 aromatic rings. The van der Waals surface area contributed by atoms with Crippen molar-refractivity contribution in [2.24, 2.45) is 5.41 Å². The van der Waals surface area contributed by atoms with Crippen molar-refractivity contribution in [3.8, 4) is 16.9 Å². The molecule has 1 amide bonds. The van der Waals surface area contributed by atoms with Crippen molar-refractivity contribution >= 4 is 40.1 Å². The van der Waals surface area contributed by atoms with Crippen LogP contribution in [0.25, 0.3) is 28.0 Å². The highest BCUT2D eigenvalue weighted by Gasteiger charge is 2.25. The number of rotatable bonds is 4. The van der Waals surface area contributed by atoms with Gasteiger partial charge in [0.05, 0.1) is 16.4 Å². The molecule has 170 valence electrons. The lowest BCUT2D eigenvalue weighted by molar-refractivity contribution is 0.0961. The van der Waals surface area contributed by atoms with Crippen LogP contribution < -0.4 is 10.9 Å². The quantitative estimate of drug-likeness (QED) is 0.413. The van der Waals surface area contributed by atoms with Crippen LogP contribution in [0, 0.1) is 5.41 Å². The minimum Gasteiger partial charge on any atom is -0.355 e. The monoisotopic (exact) mass is 482 g/mol. The largest absolute Gasteiger partial charge is 0.355 e. The highest BCUT2D eigenvalue weighted by Crippen LogP contribution is 2.34. The van der Waals surface area contributed by atoms with Crippen LogP contribution in [0.4, 0.5) is 0 Å². The molecular weight excluding hydrogens is 459 g/mol. The van der Waals surface area contributed by atoms with Gasteiger partial charge in [-0.3, -0.25) is 14.2 Å². The predicted octanol–water partition coefficient (Wildman–Crippen LogP) is 5.57. The van der Waals surface area contributed by atoms with Crippen LogP contribution >= 0.6 is 23.2 Å². The molecule has 0 unspecified atom stereocenters. The Bertz CT molecular complexity index is 1410. The topological polar surface area (TPSA) is 68.9 Å². The molecule has 0 saturated heterocycles. The van der Waals surface area contributed by atoms with Gasteiger partial charge in [0.1, 0.15) is 5.56 Å². The van der Waals surface area contributed by atoms with E-state index < -0.39 is 5.91 Å². The number of halogens is 2. The standard InChI is InChI=1S/C25H24Cl2N4O2/c1-25(2,3)14-30-22-17(13-18(24(30)33)23(32)28-4)21(15-9-11-16(26)12-10-15)31(29-22)20-8-6-5-7-19(20)27/h5-13H,14H2,1-4H3,(H,28,32). The van der Waals surface area contributed by atoms with Gasteiger partial charge in [-0.25, -0.2) is 4.68 Å². The summed E-state index contributed by atoms with van der Waals surface area (Å²) in [6.45, 7) is 6.47. The molecule has 0 atom stereocenters. The summed E-state index contributed by atoms with van der Waals surface area (Å²) in [5.74, 6) is -0.447. The molecular formula is C25H24Cl2N4O2. The number of aromatic nitrogens is 3. The Labute approximate surface area is 201 Å². The molecule has 8 heteroatoms. The number of nitrogens with zero attached hydrogens (tertiary/aromatic N) is 3. The van der Waals surface area contributed by atoms with Crippen molar-refractivity contribution in [2.75, 3.05) is 7.05 Å². The van der Waals surface area contributed by atoms with Gasteiger partial charge in [-0.2, -0.15) is 0 Å². The number of para-hydroxylation sites is 1. The van der Waals surface area contributed by atoms with Crippen LogP contribution in [0.5, 0.6) is 0 Å². The van der Waals surface area contributed by atoms with E-state index in [0.29, 0.717) is 39.0 Å². The SMILES string of the molecule is CNC(=O)c1cc2c(-c3ccc(Cl)cc3)n(-c3ccccc3Cl)nc2n(CC(C)(C)C)c1=O. The molecule has 0 fully saturated rings. The molecule has 0 aliphatic carbocycles. The molecule has 6 nitrogen and oxygen atoms in total.